The first-order valence-corrected chi connectivity index (χ1v) is 13.1. The maximum Gasteiger partial charge on any atom is 0.227 e. The molecule has 0 spiro atoms. The van der Waals surface area contributed by atoms with Gasteiger partial charge in [-0.2, -0.15) is 0 Å². The van der Waals surface area contributed by atoms with E-state index >= 15 is 0 Å². The summed E-state index contributed by atoms with van der Waals surface area (Å²) >= 11 is 0. The van der Waals surface area contributed by atoms with Crippen molar-refractivity contribution in [1.29, 1.82) is 0 Å². The minimum Gasteiger partial charge on any atom is -0.394 e. The molecule has 0 unspecified atom stereocenters. The molecule has 2 aromatic carbocycles. The number of nitrogens with zero attached hydrogens (tertiary/aromatic N) is 4. The van der Waals surface area contributed by atoms with Crippen LogP contribution in [0.3, 0.4) is 0 Å². The van der Waals surface area contributed by atoms with Crippen molar-refractivity contribution in [2.45, 2.75) is 39.3 Å². The van der Waals surface area contributed by atoms with Gasteiger partial charge in [0.1, 0.15) is 5.69 Å². The Morgan fingerprint density at radius 3 is 2.50 bits per heavy atom. The van der Waals surface area contributed by atoms with E-state index in [9.17, 15) is 14.7 Å². The molecule has 0 saturated carbocycles. The second kappa shape index (κ2) is 13.8. The third-order valence-electron chi connectivity index (χ3n) is 6.25. The molecule has 1 aliphatic heterocycles. The van der Waals surface area contributed by atoms with Gasteiger partial charge in [0.05, 0.1) is 50.9 Å². The van der Waals surface area contributed by atoms with Crippen molar-refractivity contribution in [3.8, 4) is 22.5 Å². The molecule has 3 aromatic rings. The Balaban J connectivity index is 1.45. The molecule has 202 valence electrons. The van der Waals surface area contributed by atoms with E-state index < -0.39 is 0 Å². The number of hydrogen-bond acceptors (Lipinski definition) is 7. The predicted octanol–water partition coefficient (Wildman–Crippen LogP) is 2.79. The van der Waals surface area contributed by atoms with E-state index in [0.717, 1.165) is 28.8 Å². The lowest BCUT2D eigenvalue weighted by Crippen LogP contribution is -2.34. The minimum atomic E-state index is -0.195. The molecule has 1 aliphatic rings. The molecule has 0 saturated heterocycles. The standard InChI is InChI=1S/C28H35N5O5/c1-2-16-37-18-19-38-17-13-29-25(35)11-12-26(36)32-20-21-7-3-4-8-22(21)28-27(30-31-33(28)14-15-34)23-9-5-6-10-24(23)32/h3-10,34H,2,11-20H2,1H3,(H,29,35). The number of carbonyl (C=O) groups is 2. The lowest BCUT2D eigenvalue weighted by molar-refractivity contribution is -0.125. The molecule has 4 rings (SSSR count). The first kappa shape index (κ1) is 27.4. The number of anilines is 1. The fourth-order valence-corrected chi connectivity index (χ4v) is 4.46. The number of carbonyl (C=O) groups excluding carboxylic acids is 2. The lowest BCUT2D eigenvalue weighted by atomic mass is 9.95. The summed E-state index contributed by atoms with van der Waals surface area (Å²) in [7, 11) is 0. The number of aromatic nitrogens is 3. The average molecular weight is 522 g/mol. The van der Waals surface area contributed by atoms with Crippen LogP contribution in [0.15, 0.2) is 48.5 Å². The largest absolute Gasteiger partial charge is 0.394 e. The fraction of sp³-hybridized carbons (Fsp3) is 0.429. The van der Waals surface area contributed by atoms with Gasteiger partial charge < -0.3 is 24.8 Å². The van der Waals surface area contributed by atoms with Gasteiger partial charge in [-0.15, -0.1) is 5.10 Å². The van der Waals surface area contributed by atoms with Crippen LogP contribution in [0.1, 0.15) is 31.7 Å². The molecule has 0 aliphatic carbocycles. The topological polar surface area (TPSA) is 119 Å². The fourth-order valence-electron chi connectivity index (χ4n) is 4.46. The van der Waals surface area contributed by atoms with Gasteiger partial charge >= 0.3 is 0 Å². The van der Waals surface area contributed by atoms with Crippen molar-refractivity contribution in [1.82, 2.24) is 20.3 Å². The molecule has 10 nitrogen and oxygen atoms in total. The highest BCUT2D eigenvalue weighted by atomic mass is 16.5. The summed E-state index contributed by atoms with van der Waals surface area (Å²) in [5.41, 5.74) is 4.79. The highest BCUT2D eigenvalue weighted by Gasteiger charge is 2.29. The summed E-state index contributed by atoms with van der Waals surface area (Å²) < 4.78 is 12.5. The van der Waals surface area contributed by atoms with Crippen LogP contribution in [0.5, 0.6) is 0 Å². The van der Waals surface area contributed by atoms with Crippen LogP contribution in [-0.4, -0.2) is 71.5 Å². The Morgan fingerprint density at radius 2 is 1.71 bits per heavy atom. The van der Waals surface area contributed by atoms with Crippen molar-refractivity contribution < 1.29 is 24.2 Å². The van der Waals surface area contributed by atoms with E-state index in [2.05, 4.69) is 22.6 Å². The number of amides is 2. The smallest absolute Gasteiger partial charge is 0.227 e. The van der Waals surface area contributed by atoms with E-state index in [1.165, 1.54) is 0 Å². The number of benzene rings is 2. The number of rotatable bonds is 13. The number of fused-ring (bicyclic) bond motifs is 5. The molecule has 10 heteroatoms. The first-order chi connectivity index (χ1) is 18.6. The molecule has 0 bridgehead atoms. The Morgan fingerprint density at radius 1 is 0.974 bits per heavy atom. The van der Waals surface area contributed by atoms with Crippen LogP contribution < -0.4 is 10.2 Å². The molecule has 1 aromatic heterocycles. The zero-order valence-electron chi connectivity index (χ0n) is 21.8. The summed E-state index contributed by atoms with van der Waals surface area (Å²) in [4.78, 5) is 27.6. The quantitative estimate of drug-likeness (QED) is 0.332. The van der Waals surface area contributed by atoms with Crippen LogP contribution in [0.2, 0.25) is 0 Å². The molecule has 0 atom stereocenters. The van der Waals surface area contributed by atoms with Crippen molar-refractivity contribution >= 4 is 17.5 Å². The van der Waals surface area contributed by atoms with Gasteiger partial charge in [0.15, 0.2) is 0 Å². The van der Waals surface area contributed by atoms with Gasteiger partial charge in [-0.3, -0.25) is 9.59 Å². The van der Waals surface area contributed by atoms with Crippen LogP contribution in [0, 0.1) is 0 Å². The Hall–Kier alpha value is -3.60. The maximum absolute atomic E-state index is 13.5. The highest BCUT2D eigenvalue weighted by molar-refractivity contribution is 6.01. The normalized spacial score (nSPS) is 12.2. The van der Waals surface area contributed by atoms with Crippen molar-refractivity contribution in [3.05, 3.63) is 54.1 Å². The van der Waals surface area contributed by atoms with E-state index in [4.69, 9.17) is 9.47 Å². The number of aliphatic hydroxyl groups is 1. The van der Waals surface area contributed by atoms with Crippen LogP contribution in [0.25, 0.3) is 22.5 Å². The number of ether oxygens (including phenoxy) is 2. The summed E-state index contributed by atoms with van der Waals surface area (Å²) in [6.07, 6.45) is 1.12. The van der Waals surface area contributed by atoms with E-state index in [0.29, 0.717) is 57.4 Å². The molecule has 2 amide bonds. The van der Waals surface area contributed by atoms with E-state index in [1.54, 1.807) is 9.58 Å². The predicted molar refractivity (Wildman–Crippen MR) is 143 cm³/mol. The molecule has 0 fully saturated rings. The third kappa shape index (κ3) is 6.63. The number of aliphatic hydroxyl groups excluding tert-OH is 1. The van der Waals surface area contributed by atoms with E-state index in [-0.39, 0.29) is 31.3 Å². The van der Waals surface area contributed by atoms with Crippen molar-refractivity contribution in [2.24, 2.45) is 0 Å². The maximum atomic E-state index is 13.5. The molecular formula is C28H35N5O5. The molecule has 0 radical (unpaired) electrons. The van der Waals surface area contributed by atoms with Gasteiger partial charge in [0.2, 0.25) is 11.8 Å². The molecule has 2 heterocycles. The zero-order chi connectivity index (χ0) is 26.7. The number of nitrogens with one attached hydrogen (secondary N) is 1. The Labute approximate surface area is 222 Å². The summed E-state index contributed by atoms with van der Waals surface area (Å²) in [5, 5.41) is 21.1. The van der Waals surface area contributed by atoms with Gasteiger partial charge in [-0.25, -0.2) is 4.68 Å². The third-order valence-corrected chi connectivity index (χ3v) is 6.25. The SMILES string of the molecule is CCCOCCOCCNC(=O)CCC(=O)N1Cc2ccccc2-c2c(nnn2CCO)-c2ccccc21. The second-order valence-corrected chi connectivity index (χ2v) is 8.96. The van der Waals surface area contributed by atoms with Gasteiger partial charge in [0.25, 0.3) is 0 Å². The van der Waals surface area contributed by atoms with Crippen LogP contribution in [-0.2, 0) is 32.2 Å². The minimum absolute atomic E-state index is 0.0637. The van der Waals surface area contributed by atoms with Gasteiger partial charge in [0, 0.05) is 37.1 Å². The van der Waals surface area contributed by atoms with Crippen LogP contribution in [0.4, 0.5) is 5.69 Å². The first-order valence-electron chi connectivity index (χ1n) is 13.1. The highest BCUT2D eigenvalue weighted by Crippen LogP contribution is 2.41. The monoisotopic (exact) mass is 521 g/mol. The zero-order valence-corrected chi connectivity index (χ0v) is 21.8. The Bertz CT molecular complexity index is 1230. The lowest BCUT2D eigenvalue weighted by Gasteiger charge is -2.28. The molecule has 38 heavy (non-hydrogen) atoms. The summed E-state index contributed by atoms with van der Waals surface area (Å²) in [5.74, 6) is -0.350. The van der Waals surface area contributed by atoms with Gasteiger partial charge in [-0.05, 0) is 18.1 Å². The van der Waals surface area contributed by atoms with E-state index in [1.807, 2.05) is 48.5 Å². The average Bonchev–Trinajstić information content (AvgIpc) is 3.34. The number of hydrogen-bond donors (Lipinski definition) is 2. The second-order valence-electron chi connectivity index (χ2n) is 8.96. The summed E-state index contributed by atoms with van der Waals surface area (Å²) in [6.45, 7) is 5.15. The van der Waals surface area contributed by atoms with Crippen molar-refractivity contribution in [2.75, 3.05) is 44.5 Å². The van der Waals surface area contributed by atoms with Gasteiger partial charge in [-0.1, -0.05) is 54.6 Å². The Kier molecular flexibility index (Phi) is 9.97. The molecular weight excluding hydrogens is 486 g/mol. The summed E-state index contributed by atoms with van der Waals surface area (Å²) in [6, 6.07) is 15.4. The van der Waals surface area contributed by atoms with Crippen molar-refractivity contribution in [3.63, 3.8) is 0 Å². The number of para-hydroxylation sites is 1. The van der Waals surface area contributed by atoms with Crippen LogP contribution >= 0.6 is 0 Å². The molecule has 2 N–H and O–H groups in total.